The van der Waals surface area contributed by atoms with Crippen molar-refractivity contribution in [2.45, 2.75) is 13.3 Å². The topological polar surface area (TPSA) is 63.8 Å². The third kappa shape index (κ3) is 2.07. The summed E-state index contributed by atoms with van der Waals surface area (Å²) < 4.78 is 0. The quantitative estimate of drug-likeness (QED) is 0.833. The van der Waals surface area contributed by atoms with Crippen molar-refractivity contribution < 1.29 is 0 Å². The van der Waals surface area contributed by atoms with Crippen LogP contribution in [-0.2, 0) is 6.42 Å². The van der Waals surface area contributed by atoms with Crippen molar-refractivity contribution in [3.63, 3.8) is 0 Å². The molecule has 0 bridgehead atoms. The fraction of sp³-hybridized carbons (Fsp3) is 0.200. The maximum atomic E-state index is 5.77. The zero-order valence-electron chi connectivity index (χ0n) is 8.40. The average Bonchev–Trinajstić information content (AvgIpc) is 2.71. The lowest BCUT2D eigenvalue weighted by molar-refractivity contribution is 1.06. The van der Waals surface area contributed by atoms with Crippen molar-refractivity contribution in [3.8, 4) is 0 Å². The van der Waals surface area contributed by atoms with Gasteiger partial charge in [0.05, 0.1) is 5.69 Å². The van der Waals surface area contributed by atoms with E-state index in [1.807, 2.05) is 23.8 Å². The molecule has 0 unspecified atom stereocenters. The van der Waals surface area contributed by atoms with Crippen LogP contribution in [0.3, 0.4) is 0 Å². The number of rotatable bonds is 3. The van der Waals surface area contributed by atoms with E-state index in [-0.39, 0.29) is 0 Å². The van der Waals surface area contributed by atoms with Gasteiger partial charge in [-0.15, -0.1) is 0 Å². The van der Waals surface area contributed by atoms with Gasteiger partial charge in [0.25, 0.3) is 0 Å². The third-order valence-electron chi connectivity index (χ3n) is 2.12. The van der Waals surface area contributed by atoms with Crippen LogP contribution in [0.4, 0.5) is 17.3 Å². The Morgan fingerprint density at radius 3 is 3.00 bits per heavy atom. The Hall–Kier alpha value is -1.62. The molecule has 0 saturated carbocycles. The second kappa shape index (κ2) is 4.27. The smallest absolute Gasteiger partial charge is 0.139 e. The normalized spacial score (nSPS) is 10.2. The van der Waals surface area contributed by atoms with Gasteiger partial charge in [0, 0.05) is 10.9 Å². The van der Waals surface area contributed by atoms with Gasteiger partial charge < -0.3 is 11.1 Å². The molecule has 15 heavy (non-hydrogen) atoms. The van der Waals surface area contributed by atoms with Crippen LogP contribution in [-0.4, -0.2) is 9.97 Å². The summed E-state index contributed by atoms with van der Waals surface area (Å²) in [6.07, 6.45) is 2.29. The summed E-state index contributed by atoms with van der Waals surface area (Å²) in [5.74, 6) is 1.34. The Labute approximate surface area is 92.2 Å². The van der Waals surface area contributed by atoms with Gasteiger partial charge in [-0.1, -0.05) is 6.92 Å². The minimum absolute atomic E-state index is 0.547. The maximum absolute atomic E-state index is 5.77. The highest BCUT2D eigenvalue weighted by molar-refractivity contribution is 7.08. The lowest BCUT2D eigenvalue weighted by atomic mass is 10.2. The van der Waals surface area contributed by atoms with E-state index in [1.54, 1.807) is 11.3 Å². The Morgan fingerprint density at radius 1 is 1.47 bits per heavy atom. The van der Waals surface area contributed by atoms with Crippen LogP contribution in [0.15, 0.2) is 23.2 Å². The minimum atomic E-state index is 0.547. The van der Waals surface area contributed by atoms with Crippen LogP contribution in [0.25, 0.3) is 0 Å². The lowest BCUT2D eigenvalue weighted by Gasteiger charge is -2.09. The Bertz CT molecular complexity index is 439. The third-order valence-corrected chi connectivity index (χ3v) is 2.80. The first-order valence-electron chi connectivity index (χ1n) is 4.70. The van der Waals surface area contributed by atoms with Crippen LogP contribution in [0, 0.1) is 0 Å². The van der Waals surface area contributed by atoms with E-state index in [0.717, 1.165) is 23.5 Å². The van der Waals surface area contributed by atoms with Gasteiger partial charge in [0.1, 0.15) is 18.0 Å². The number of nitrogens with zero attached hydrogens (tertiary/aromatic N) is 2. The zero-order valence-corrected chi connectivity index (χ0v) is 9.21. The number of nitrogen functional groups attached to an aromatic ring is 1. The molecule has 78 valence electrons. The monoisotopic (exact) mass is 220 g/mol. The van der Waals surface area contributed by atoms with Gasteiger partial charge in [-0.2, -0.15) is 11.3 Å². The zero-order chi connectivity index (χ0) is 10.7. The predicted octanol–water partition coefficient (Wildman–Crippen LogP) is 2.43. The molecule has 0 aliphatic carbocycles. The first-order chi connectivity index (χ1) is 7.31. The summed E-state index contributed by atoms with van der Waals surface area (Å²) in [4.78, 5) is 8.16. The van der Waals surface area contributed by atoms with E-state index in [9.17, 15) is 0 Å². The molecule has 2 rings (SSSR count). The van der Waals surface area contributed by atoms with Crippen molar-refractivity contribution in [1.82, 2.24) is 9.97 Å². The predicted molar refractivity (Wildman–Crippen MR) is 63.4 cm³/mol. The van der Waals surface area contributed by atoms with Gasteiger partial charge in [-0.3, -0.25) is 0 Å². The van der Waals surface area contributed by atoms with Crippen LogP contribution in [0.1, 0.15) is 12.5 Å². The fourth-order valence-corrected chi connectivity index (χ4v) is 1.94. The molecule has 0 atom stereocenters. The summed E-state index contributed by atoms with van der Waals surface area (Å²) in [6, 6.07) is 2.00. The number of nitrogens with one attached hydrogen (secondary N) is 1. The van der Waals surface area contributed by atoms with Crippen molar-refractivity contribution in [2.24, 2.45) is 0 Å². The van der Waals surface area contributed by atoms with Gasteiger partial charge in [0.2, 0.25) is 0 Å². The molecule has 4 nitrogen and oxygen atoms in total. The number of aromatic nitrogens is 2. The molecule has 2 aromatic heterocycles. The number of hydrogen-bond donors (Lipinski definition) is 2. The minimum Gasteiger partial charge on any atom is -0.383 e. The molecule has 0 aliphatic rings. The number of anilines is 3. The van der Waals surface area contributed by atoms with Gasteiger partial charge in [-0.25, -0.2) is 9.97 Å². The summed E-state index contributed by atoms with van der Waals surface area (Å²) in [7, 11) is 0. The highest BCUT2D eigenvalue weighted by atomic mass is 32.1. The standard InChI is InChI=1S/C10H12N4S/c1-2-8-9(11)12-6-13-10(8)14-7-3-4-15-5-7/h3-6H,2H2,1H3,(H3,11,12,13,14). The molecule has 0 fully saturated rings. The Morgan fingerprint density at radius 2 is 2.33 bits per heavy atom. The second-order valence-corrected chi connectivity index (χ2v) is 3.86. The fourth-order valence-electron chi connectivity index (χ4n) is 1.35. The molecule has 0 aromatic carbocycles. The number of hydrogen-bond acceptors (Lipinski definition) is 5. The van der Waals surface area contributed by atoms with E-state index >= 15 is 0 Å². The highest BCUT2D eigenvalue weighted by Crippen LogP contribution is 2.23. The molecule has 2 heterocycles. The molecule has 3 N–H and O–H groups in total. The van der Waals surface area contributed by atoms with Crippen LogP contribution >= 0.6 is 11.3 Å². The summed E-state index contributed by atoms with van der Waals surface area (Å²) in [5, 5.41) is 7.26. The first-order valence-corrected chi connectivity index (χ1v) is 5.64. The maximum Gasteiger partial charge on any atom is 0.139 e. The Balaban J connectivity index is 2.32. The van der Waals surface area contributed by atoms with Crippen molar-refractivity contribution in [3.05, 3.63) is 28.7 Å². The SMILES string of the molecule is CCc1c(N)ncnc1Nc1ccsc1. The molecule has 0 aliphatic heterocycles. The largest absolute Gasteiger partial charge is 0.383 e. The number of nitrogens with two attached hydrogens (primary N) is 1. The average molecular weight is 220 g/mol. The molecular weight excluding hydrogens is 208 g/mol. The number of thiophene rings is 1. The first kappa shape index (κ1) is 9.92. The molecule has 0 saturated heterocycles. The second-order valence-electron chi connectivity index (χ2n) is 3.08. The van der Waals surface area contributed by atoms with Crippen LogP contribution in [0.2, 0.25) is 0 Å². The molecule has 5 heteroatoms. The van der Waals surface area contributed by atoms with Crippen molar-refractivity contribution in [1.29, 1.82) is 0 Å². The summed E-state index contributed by atoms with van der Waals surface area (Å²) >= 11 is 1.64. The van der Waals surface area contributed by atoms with Gasteiger partial charge >= 0.3 is 0 Å². The molecule has 0 amide bonds. The lowest BCUT2D eigenvalue weighted by Crippen LogP contribution is -2.03. The van der Waals surface area contributed by atoms with E-state index < -0.39 is 0 Å². The summed E-state index contributed by atoms with van der Waals surface area (Å²) in [5.41, 5.74) is 7.77. The molecule has 0 spiro atoms. The molecule has 0 radical (unpaired) electrons. The summed E-state index contributed by atoms with van der Waals surface area (Å²) in [6.45, 7) is 2.04. The molecule has 2 aromatic rings. The van der Waals surface area contributed by atoms with Crippen LogP contribution < -0.4 is 11.1 Å². The molecular formula is C10H12N4S. The van der Waals surface area contributed by atoms with E-state index in [2.05, 4.69) is 15.3 Å². The van der Waals surface area contributed by atoms with E-state index in [1.165, 1.54) is 6.33 Å². The van der Waals surface area contributed by atoms with Crippen LogP contribution in [0.5, 0.6) is 0 Å². The Kier molecular flexibility index (Phi) is 2.82. The van der Waals surface area contributed by atoms with Crippen molar-refractivity contribution in [2.75, 3.05) is 11.1 Å². The highest BCUT2D eigenvalue weighted by Gasteiger charge is 2.06. The van der Waals surface area contributed by atoms with E-state index in [0.29, 0.717) is 5.82 Å². The van der Waals surface area contributed by atoms with Crippen molar-refractivity contribution >= 4 is 28.7 Å². The van der Waals surface area contributed by atoms with E-state index in [4.69, 9.17) is 5.73 Å². The van der Waals surface area contributed by atoms with Gasteiger partial charge in [-0.05, 0) is 17.9 Å². The van der Waals surface area contributed by atoms with Gasteiger partial charge in [0.15, 0.2) is 0 Å².